The average Bonchev–Trinajstić information content (AvgIpc) is 1.83. The molecule has 0 heterocycles. The predicted molar refractivity (Wildman–Crippen MR) is 46.1 cm³/mol. The normalized spacial score (nSPS) is 15.7. The lowest BCUT2D eigenvalue weighted by molar-refractivity contribution is -0.119. The second-order valence-corrected chi connectivity index (χ2v) is 5.85. The SMILES string of the molecule is CC(C)([C@H](N)C(N)=O)S(C)(=O)=O. The monoisotopic (exact) mass is 194 g/mol. The predicted octanol–water partition coefficient (Wildman–Crippen LogP) is -1.38. The Hall–Kier alpha value is -0.620. The summed E-state index contributed by atoms with van der Waals surface area (Å²) in [6, 6.07) is -1.17. The van der Waals surface area contributed by atoms with Crippen LogP contribution in [0, 0.1) is 0 Å². The number of nitrogens with two attached hydrogens (primary N) is 2. The van der Waals surface area contributed by atoms with Crippen LogP contribution in [0.3, 0.4) is 0 Å². The van der Waals surface area contributed by atoms with Gasteiger partial charge in [0, 0.05) is 6.26 Å². The van der Waals surface area contributed by atoms with Gasteiger partial charge in [-0.25, -0.2) is 8.42 Å². The molecule has 4 N–H and O–H groups in total. The minimum absolute atomic E-state index is 0.814. The molecule has 0 unspecified atom stereocenters. The van der Waals surface area contributed by atoms with E-state index in [1.807, 2.05) is 0 Å². The zero-order valence-corrected chi connectivity index (χ0v) is 8.18. The molecule has 0 aliphatic rings. The molecule has 1 atom stereocenters. The highest BCUT2D eigenvalue weighted by molar-refractivity contribution is 7.92. The molecule has 0 spiro atoms. The average molecular weight is 194 g/mol. The molecule has 0 fully saturated rings. The second-order valence-electron chi connectivity index (χ2n) is 3.26. The molecule has 0 saturated carbocycles. The number of sulfone groups is 1. The Balaban J connectivity index is 5.00. The molecule has 0 rings (SSSR count). The van der Waals surface area contributed by atoms with Crippen LogP contribution >= 0.6 is 0 Å². The molecule has 0 aromatic carbocycles. The van der Waals surface area contributed by atoms with Gasteiger partial charge in [0.1, 0.15) is 6.04 Å². The maximum absolute atomic E-state index is 11.1. The lowest BCUT2D eigenvalue weighted by Crippen LogP contribution is -2.55. The highest BCUT2D eigenvalue weighted by atomic mass is 32.2. The standard InChI is InChI=1S/C6H14N2O3S/c1-6(2,12(3,10)11)4(7)5(8)9/h4H,7H2,1-3H3,(H2,8,9)/t4-/m1/s1. The van der Waals surface area contributed by atoms with E-state index in [1.165, 1.54) is 13.8 Å². The van der Waals surface area contributed by atoms with Crippen molar-refractivity contribution in [2.75, 3.05) is 6.26 Å². The summed E-state index contributed by atoms with van der Waals surface area (Å²) in [6.07, 6.45) is 1.02. The van der Waals surface area contributed by atoms with E-state index in [2.05, 4.69) is 0 Å². The number of carbonyl (C=O) groups is 1. The largest absolute Gasteiger partial charge is 0.368 e. The van der Waals surface area contributed by atoms with Crippen LogP contribution in [0.4, 0.5) is 0 Å². The molecule has 72 valence electrons. The van der Waals surface area contributed by atoms with E-state index < -0.39 is 26.5 Å². The van der Waals surface area contributed by atoms with Gasteiger partial charge in [-0.05, 0) is 13.8 Å². The second kappa shape index (κ2) is 3.02. The van der Waals surface area contributed by atoms with Gasteiger partial charge in [-0.1, -0.05) is 0 Å². The summed E-state index contributed by atoms with van der Waals surface area (Å²) in [5, 5.41) is 0. The van der Waals surface area contributed by atoms with E-state index in [0.717, 1.165) is 6.26 Å². The van der Waals surface area contributed by atoms with Crippen LogP contribution in [0.25, 0.3) is 0 Å². The molecular weight excluding hydrogens is 180 g/mol. The molecule has 0 saturated heterocycles. The molecule has 12 heavy (non-hydrogen) atoms. The van der Waals surface area contributed by atoms with Crippen molar-refractivity contribution >= 4 is 15.7 Å². The van der Waals surface area contributed by atoms with Gasteiger partial charge in [0.05, 0.1) is 4.75 Å². The van der Waals surface area contributed by atoms with Gasteiger partial charge < -0.3 is 11.5 Å². The van der Waals surface area contributed by atoms with Crippen molar-refractivity contribution < 1.29 is 13.2 Å². The fourth-order valence-electron chi connectivity index (χ4n) is 0.573. The van der Waals surface area contributed by atoms with Crippen LogP contribution in [0.15, 0.2) is 0 Å². The third-order valence-corrected chi connectivity index (χ3v) is 4.18. The molecule has 5 nitrogen and oxygen atoms in total. The molecule has 0 bridgehead atoms. The number of hydrogen-bond acceptors (Lipinski definition) is 4. The number of primary amides is 1. The van der Waals surface area contributed by atoms with E-state index in [-0.39, 0.29) is 0 Å². The quantitative estimate of drug-likeness (QED) is 0.578. The smallest absolute Gasteiger partial charge is 0.235 e. The summed E-state index contributed by atoms with van der Waals surface area (Å²) >= 11 is 0. The fraction of sp³-hybridized carbons (Fsp3) is 0.833. The first-order valence-electron chi connectivity index (χ1n) is 3.35. The van der Waals surface area contributed by atoms with Gasteiger partial charge in [0.2, 0.25) is 5.91 Å². The van der Waals surface area contributed by atoms with E-state index in [0.29, 0.717) is 0 Å². The van der Waals surface area contributed by atoms with E-state index in [4.69, 9.17) is 11.5 Å². The van der Waals surface area contributed by atoms with Crippen LogP contribution in [0.2, 0.25) is 0 Å². The Morgan fingerprint density at radius 1 is 1.42 bits per heavy atom. The molecule has 6 heteroatoms. The summed E-state index contributed by atoms with van der Waals surface area (Å²) in [5.41, 5.74) is 10.2. The van der Waals surface area contributed by atoms with Crippen molar-refractivity contribution in [1.82, 2.24) is 0 Å². The maximum Gasteiger partial charge on any atom is 0.235 e. The van der Waals surface area contributed by atoms with Crippen molar-refractivity contribution in [3.8, 4) is 0 Å². The zero-order valence-electron chi connectivity index (χ0n) is 7.37. The van der Waals surface area contributed by atoms with Gasteiger partial charge in [-0.15, -0.1) is 0 Å². The Kier molecular flexibility index (Phi) is 2.87. The first-order chi connectivity index (χ1) is 5.10. The molecule has 1 amide bonds. The van der Waals surface area contributed by atoms with Crippen LogP contribution in [0.5, 0.6) is 0 Å². The van der Waals surface area contributed by atoms with Gasteiger partial charge >= 0.3 is 0 Å². The van der Waals surface area contributed by atoms with Crippen LogP contribution in [-0.2, 0) is 14.6 Å². The number of hydrogen-bond donors (Lipinski definition) is 2. The van der Waals surface area contributed by atoms with Crippen LogP contribution < -0.4 is 11.5 Å². The van der Waals surface area contributed by atoms with Crippen LogP contribution in [-0.4, -0.2) is 31.4 Å². The van der Waals surface area contributed by atoms with Gasteiger partial charge in [0.15, 0.2) is 9.84 Å². The Labute approximate surface area is 72.0 Å². The third-order valence-electron chi connectivity index (χ3n) is 2.01. The van der Waals surface area contributed by atoms with Crippen molar-refractivity contribution in [1.29, 1.82) is 0 Å². The summed E-state index contributed by atoms with van der Waals surface area (Å²) in [7, 11) is -3.37. The van der Waals surface area contributed by atoms with Crippen molar-refractivity contribution in [2.24, 2.45) is 11.5 Å². The molecule has 0 aliphatic carbocycles. The highest BCUT2D eigenvalue weighted by Crippen LogP contribution is 2.18. The lowest BCUT2D eigenvalue weighted by atomic mass is 10.0. The minimum Gasteiger partial charge on any atom is -0.368 e. The van der Waals surface area contributed by atoms with Crippen LogP contribution in [0.1, 0.15) is 13.8 Å². The van der Waals surface area contributed by atoms with Crippen molar-refractivity contribution in [3.63, 3.8) is 0 Å². The topological polar surface area (TPSA) is 103 Å². The summed E-state index contributed by atoms with van der Waals surface area (Å²) in [6.45, 7) is 2.75. The number of amides is 1. The third kappa shape index (κ3) is 1.95. The van der Waals surface area contributed by atoms with Gasteiger partial charge in [-0.2, -0.15) is 0 Å². The van der Waals surface area contributed by atoms with E-state index in [9.17, 15) is 13.2 Å². The Morgan fingerprint density at radius 2 is 1.75 bits per heavy atom. The molecule has 0 radical (unpaired) electrons. The van der Waals surface area contributed by atoms with Gasteiger partial charge in [0.25, 0.3) is 0 Å². The lowest BCUT2D eigenvalue weighted by Gasteiger charge is -2.26. The zero-order chi connectivity index (χ0) is 10.2. The van der Waals surface area contributed by atoms with E-state index >= 15 is 0 Å². The summed E-state index contributed by atoms with van der Waals surface area (Å²) < 4.78 is 20.9. The molecule has 0 aliphatic heterocycles. The summed E-state index contributed by atoms with van der Waals surface area (Å²) in [5.74, 6) is -0.814. The maximum atomic E-state index is 11.1. The first kappa shape index (κ1) is 11.4. The molecule has 0 aromatic rings. The molecular formula is C6H14N2O3S. The van der Waals surface area contributed by atoms with Gasteiger partial charge in [-0.3, -0.25) is 4.79 Å². The fourth-order valence-corrected chi connectivity index (χ4v) is 1.15. The van der Waals surface area contributed by atoms with Crippen molar-refractivity contribution in [2.45, 2.75) is 24.6 Å². The number of rotatable bonds is 3. The Morgan fingerprint density at radius 3 is 1.83 bits per heavy atom. The first-order valence-corrected chi connectivity index (χ1v) is 5.24. The number of carbonyl (C=O) groups excluding carboxylic acids is 1. The summed E-state index contributed by atoms with van der Waals surface area (Å²) in [4.78, 5) is 10.6. The minimum atomic E-state index is -3.37. The van der Waals surface area contributed by atoms with Crippen molar-refractivity contribution in [3.05, 3.63) is 0 Å². The van der Waals surface area contributed by atoms with E-state index in [1.54, 1.807) is 0 Å². The highest BCUT2D eigenvalue weighted by Gasteiger charge is 2.39. The molecule has 0 aromatic heterocycles. The Bertz CT molecular complexity index is 281.